The Bertz CT molecular complexity index is 1040. The average molecular weight is 673 g/mol. The molecule has 10 nitrogen and oxygen atoms in total. The van der Waals surface area contributed by atoms with Crippen molar-refractivity contribution in [2.24, 2.45) is 5.92 Å². The summed E-state index contributed by atoms with van der Waals surface area (Å²) in [4.78, 5) is 39.8. The highest BCUT2D eigenvalue weighted by Crippen LogP contribution is 2.37. The van der Waals surface area contributed by atoms with Crippen molar-refractivity contribution >= 4 is 40.7 Å². The number of rotatable bonds is 15. The highest BCUT2D eigenvalue weighted by molar-refractivity contribution is 14.1. The van der Waals surface area contributed by atoms with Gasteiger partial charge in [-0.1, -0.05) is 12.8 Å². The molecule has 2 aliphatic carbocycles. The van der Waals surface area contributed by atoms with Crippen LogP contribution in [0.1, 0.15) is 62.2 Å². The van der Waals surface area contributed by atoms with Gasteiger partial charge in [0.2, 0.25) is 11.8 Å². The number of halogens is 1. The maximum atomic E-state index is 13.7. The van der Waals surface area contributed by atoms with Crippen LogP contribution in [0.15, 0.2) is 23.8 Å². The fraction of sp³-hybridized carbons (Fsp3) is 0.621. The van der Waals surface area contributed by atoms with Gasteiger partial charge in [-0.15, -0.1) is 0 Å². The fourth-order valence-electron chi connectivity index (χ4n) is 5.37. The molecular formula is C29H41IN2O8. The number of nitrogens with zero attached hydrogens (tertiary/aromatic N) is 1. The average Bonchev–Trinajstić information content (AvgIpc) is 3.46. The lowest BCUT2D eigenvalue weighted by Crippen LogP contribution is -2.55. The molecule has 3 atom stereocenters. The van der Waals surface area contributed by atoms with Gasteiger partial charge in [-0.2, -0.15) is 0 Å². The molecular weight excluding hydrogens is 631 g/mol. The Morgan fingerprint density at radius 1 is 1.25 bits per heavy atom. The minimum absolute atomic E-state index is 0.0503. The monoisotopic (exact) mass is 672 g/mol. The number of ether oxygens (including phenoxy) is 3. The van der Waals surface area contributed by atoms with E-state index in [0.29, 0.717) is 71.0 Å². The van der Waals surface area contributed by atoms with Crippen LogP contribution in [0.2, 0.25) is 0 Å². The van der Waals surface area contributed by atoms with Gasteiger partial charge in [-0.3, -0.25) is 14.4 Å². The lowest BCUT2D eigenvalue weighted by Gasteiger charge is -2.41. The van der Waals surface area contributed by atoms with Crippen molar-refractivity contribution in [2.45, 2.75) is 70.1 Å². The van der Waals surface area contributed by atoms with Crippen molar-refractivity contribution in [1.29, 1.82) is 0 Å². The van der Waals surface area contributed by atoms with Crippen LogP contribution in [-0.4, -0.2) is 91.5 Å². The number of carbonyl (C=O) groups is 3. The summed E-state index contributed by atoms with van der Waals surface area (Å²) in [7, 11) is 1.46. The molecule has 0 unspecified atom stereocenters. The summed E-state index contributed by atoms with van der Waals surface area (Å²) in [6.07, 6.45) is 5.55. The topological polar surface area (TPSA) is 135 Å². The van der Waals surface area contributed by atoms with Gasteiger partial charge in [0.25, 0.3) is 0 Å². The molecule has 0 bridgehead atoms. The number of benzene rings is 1. The molecule has 11 heteroatoms. The van der Waals surface area contributed by atoms with Crippen LogP contribution < -0.4 is 14.8 Å². The zero-order chi connectivity index (χ0) is 29.1. The summed E-state index contributed by atoms with van der Waals surface area (Å²) in [6.45, 7) is 3.19. The molecule has 1 aromatic carbocycles. The van der Waals surface area contributed by atoms with E-state index in [-0.39, 0.29) is 25.5 Å². The molecule has 3 N–H and O–H groups in total. The SMILES string of the molecule is CCOCCCN(C(=O)CC1CCCC1)[C@@H]1CC(C(=O)NCCO)=C[C@H](Oc2c(I)cc(C=O)cc2OC)[C@H]1O. The van der Waals surface area contributed by atoms with E-state index < -0.39 is 24.2 Å². The first kappa shape index (κ1) is 32.3. The van der Waals surface area contributed by atoms with Crippen molar-refractivity contribution in [3.8, 4) is 11.5 Å². The van der Waals surface area contributed by atoms with E-state index >= 15 is 0 Å². The molecule has 0 saturated heterocycles. The first-order valence-electron chi connectivity index (χ1n) is 14.0. The highest BCUT2D eigenvalue weighted by atomic mass is 127. The van der Waals surface area contributed by atoms with Crippen molar-refractivity contribution in [3.05, 3.63) is 32.9 Å². The van der Waals surface area contributed by atoms with Crippen LogP contribution >= 0.6 is 22.6 Å². The van der Waals surface area contributed by atoms with Crippen LogP contribution in [0.25, 0.3) is 0 Å². The smallest absolute Gasteiger partial charge is 0.247 e. The lowest BCUT2D eigenvalue weighted by atomic mass is 9.87. The number of aliphatic hydroxyl groups excluding tert-OH is 2. The van der Waals surface area contributed by atoms with Gasteiger partial charge >= 0.3 is 0 Å². The number of nitrogens with one attached hydrogen (secondary N) is 1. The third kappa shape index (κ3) is 8.64. The van der Waals surface area contributed by atoms with E-state index in [4.69, 9.17) is 14.2 Å². The van der Waals surface area contributed by atoms with E-state index in [1.165, 1.54) is 7.11 Å². The first-order chi connectivity index (χ1) is 19.3. The number of aldehydes is 1. The second-order valence-corrected chi connectivity index (χ2v) is 11.3. The van der Waals surface area contributed by atoms with Gasteiger partial charge in [0.1, 0.15) is 18.5 Å². The van der Waals surface area contributed by atoms with Crippen LogP contribution in [0.4, 0.5) is 0 Å². The predicted molar refractivity (Wildman–Crippen MR) is 158 cm³/mol. The molecule has 40 heavy (non-hydrogen) atoms. The quantitative estimate of drug-likeness (QED) is 0.147. The molecule has 0 aromatic heterocycles. The van der Waals surface area contributed by atoms with Gasteiger partial charge in [0, 0.05) is 50.3 Å². The predicted octanol–water partition coefficient (Wildman–Crippen LogP) is 2.86. The Hall–Kier alpha value is -2.22. The van der Waals surface area contributed by atoms with Gasteiger partial charge < -0.3 is 34.6 Å². The molecule has 2 aliphatic rings. The van der Waals surface area contributed by atoms with E-state index in [1.54, 1.807) is 23.1 Å². The molecule has 1 fully saturated rings. The normalized spacial score (nSPS) is 21.0. The standard InChI is InChI=1S/C29H41IN2O8/c1-3-39-12-6-10-32(26(35)15-19-7-4-5-8-19)23-16-21(29(37)31-9-11-33)17-24(27(23)36)40-28-22(30)13-20(18-34)14-25(28)38-2/h13-14,17-19,23-24,27,33,36H,3-12,15-16H2,1-2H3,(H,31,37)/t23-,24+,27+/m1/s1. The molecule has 3 rings (SSSR count). The lowest BCUT2D eigenvalue weighted by molar-refractivity contribution is -0.139. The van der Waals surface area contributed by atoms with Crippen LogP contribution in [0, 0.1) is 9.49 Å². The summed E-state index contributed by atoms with van der Waals surface area (Å²) in [5.41, 5.74) is 0.768. The van der Waals surface area contributed by atoms with Crippen molar-refractivity contribution in [3.63, 3.8) is 0 Å². The number of amides is 2. The summed E-state index contributed by atoms with van der Waals surface area (Å²) in [6, 6.07) is 2.47. The third-order valence-corrected chi connectivity index (χ3v) is 8.21. The van der Waals surface area contributed by atoms with Crippen molar-refractivity contribution in [1.82, 2.24) is 10.2 Å². The molecule has 0 radical (unpaired) electrons. The Balaban J connectivity index is 1.95. The van der Waals surface area contributed by atoms with E-state index in [1.807, 2.05) is 29.5 Å². The second-order valence-electron chi connectivity index (χ2n) is 10.2. The molecule has 0 spiro atoms. The summed E-state index contributed by atoms with van der Waals surface area (Å²) >= 11 is 2.03. The summed E-state index contributed by atoms with van der Waals surface area (Å²) < 4.78 is 17.8. The van der Waals surface area contributed by atoms with Crippen LogP contribution in [0.5, 0.6) is 11.5 Å². The van der Waals surface area contributed by atoms with Gasteiger partial charge in [0.05, 0.1) is 23.3 Å². The molecule has 1 aromatic rings. The fourth-order valence-corrected chi connectivity index (χ4v) is 6.13. The largest absolute Gasteiger partial charge is 0.493 e. The zero-order valence-electron chi connectivity index (χ0n) is 23.3. The number of methoxy groups -OCH3 is 1. The minimum Gasteiger partial charge on any atom is -0.493 e. The number of hydrogen-bond acceptors (Lipinski definition) is 8. The second kappa shape index (κ2) is 16.3. The maximum absolute atomic E-state index is 13.7. The Labute approximate surface area is 249 Å². The Morgan fingerprint density at radius 2 is 2.00 bits per heavy atom. The summed E-state index contributed by atoms with van der Waals surface area (Å²) in [5, 5.41) is 23.5. The van der Waals surface area contributed by atoms with Crippen molar-refractivity contribution < 1.29 is 38.8 Å². The van der Waals surface area contributed by atoms with E-state index in [9.17, 15) is 24.6 Å². The Morgan fingerprint density at radius 3 is 2.65 bits per heavy atom. The maximum Gasteiger partial charge on any atom is 0.247 e. The molecule has 0 aliphatic heterocycles. The van der Waals surface area contributed by atoms with Crippen molar-refractivity contribution in [2.75, 3.05) is 40.0 Å². The molecule has 1 saturated carbocycles. The molecule has 2 amide bonds. The van der Waals surface area contributed by atoms with Gasteiger partial charge in [-0.25, -0.2) is 0 Å². The third-order valence-electron chi connectivity index (χ3n) is 7.41. The Kier molecular flexibility index (Phi) is 13.1. The van der Waals surface area contributed by atoms with E-state index in [0.717, 1.165) is 25.7 Å². The van der Waals surface area contributed by atoms with Crippen LogP contribution in [0.3, 0.4) is 0 Å². The van der Waals surface area contributed by atoms with Crippen LogP contribution in [-0.2, 0) is 14.3 Å². The number of carbonyl (C=O) groups excluding carboxylic acids is 3. The first-order valence-corrected chi connectivity index (χ1v) is 15.0. The zero-order valence-corrected chi connectivity index (χ0v) is 25.4. The molecule has 222 valence electrons. The summed E-state index contributed by atoms with van der Waals surface area (Å²) in [5.74, 6) is 0.513. The highest BCUT2D eigenvalue weighted by Gasteiger charge is 2.41. The minimum atomic E-state index is -1.14. The van der Waals surface area contributed by atoms with Gasteiger partial charge in [0.15, 0.2) is 11.5 Å². The number of hydrogen-bond donors (Lipinski definition) is 3. The van der Waals surface area contributed by atoms with E-state index in [2.05, 4.69) is 5.32 Å². The molecule has 0 heterocycles. The van der Waals surface area contributed by atoms with Gasteiger partial charge in [-0.05, 0) is 72.9 Å². The number of aliphatic hydroxyl groups is 2.